The molecule has 1 heterocycles. The van der Waals surface area contributed by atoms with Gasteiger partial charge in [-0.3, -0.25) is 9.59 Å². The Morgan fingerprint density at radius 2 is 1.93 bits per heavy atom. The van der Waals surface area contributed by atoms with Gasteiger partial charge in [0.05, 0.1) is 25.3 Å². The van der Waals surface area contributed by atoms with Crippen molar-refractivity contribution in [1.29, 1.82) is 0 Å². The second-order valence-corrected chi connectivity index (χ2v) is 7.20. The summed E-state index contributed by atoms with van der Waals surface area (Å²) in [4.78, 5) is 25.0. The van der Waals surface area contributed by atoms with Crippen LogP contribution in [0.15, 0.2) is 42.5 Å². The zero-order valence-corrected chi connectivity index (χ0v) is 16.9. The van der Waals surface area contributed by atoms with Crippen LogP contribution in [-0.4, -0.2) is 32.1 Å². The minimum Gasteiger partial charge on any atom is -0.493 e. The first-order chi connectivity index (χ1) is 13.5. The highest BCUT2D eigenvalue weighted by molar-refractivity contribution is 7.21. The number of nitrogens with one attached hydrogen (secondary N) is 2. The van der Waals surface area contributed by atoms with Gasteiger partial charge in [0.1, 0.15) is 4.88 Å². The van der Waals surface area contributed by atoms with Crippen molar-refractivity contribution in [2.45, 2.75) is 6.92 Å². The molecule has 0 saturated carbocycles. The van der Waals surface area contributed by atoms with Gasteiger partial charge >= 0.3 is 0 Å². The van der Waals surface area contributed by atoms with Gasteiger partial charge in [-0.15, -0.1) is 11.3 Å². The summed E-state index contributed by atoms with van der Waals surface area (Å²) in [5.74, 6) is 0.360. The molecule has 3 rings (SSSR count). The molecule has 28 heavy (non-hydrogen) atoms. The van der Waals surface area contributed by atoms with Crippen LogP contribution < -0.4 is 20.1 Å². The predicted molar refractivity (Wildman–Crippen MR) is 112 cm³/mol. The van der Waals surface area contributed by atoms with Crippen LogP contribution >= 0.6 is 22.9 Å². The Hall–Kier alpha value is -2.77. The molecule has 0 radical (unpaired) electrons. The molecule has 3 aromatic rings. The van der Waals surface area contributed by atoms with E-state index in [-0.39, 0.29) is 18.4 Å². The molecule has 1 aromatic heterocycles. The summed E-state index contributed by atoms with van der Waals surface area (Å²) in [6.45, 7) is 2.20. The van der Waals surface area contributed by atoms with E-state index in [1.807, 2.05) is 31.2 Å². The van der Waals surface area contributed by atoms with Crippen LogP contribution in [0.25, 0.3) is 10.1 Å². The molecule has 0 unspecified atom stereocenters. The van der Waals surface area contributed by atoms with Gasteiger partial charge in [-0.25, -0.2) is 0 Å². The van der Waals surface area contributed by atoms with Gasteiger partial charge in [-0.05, 0) is 25.1 Å². The van der Waals surface area contributed by atoms with E-state index in [0.717, 1.165) is 10.1 Å². The molecule has 0 spiro atoms. The van der Waals surface area contributed by atoms with Crippen LogP contribution in [0.4, 0.5) is 5.69 Å². The highest BCUT2D eigenvalue weighted by Gasteiger charge is 2.17. The molecule has 8 heteroatoms. The van der Waals surface area contributed by atoms with Crippen molar-refractivity contribution in [1.82, 2.24) is 5.32 Å². The maximum absolute atomic E-state index is 12.4. The van der Waals surface area contributed by atoms with Crippen LogP contribution in [-0.2, 0) is 4.79 Å². The lowest BCUT2D eigenvalue weighted by molar-refractivity contribution is -0.115. The molecule has 2 amide bonds. The van der Waals surface area contributed by atoms with E-state index in [9.17, 15) is 9.59 Å². The van der Waals surface area contributed by atoms with Gasteiger partial charge in [-0.2, -0.15) is 0 Å². The fourth-order valence-corrected chi connectivity index (χ4v) is 4.06. The summed E-state index contributed by atoms with van der Waals surface area (Å²) < 4.78 is 11.6. The molecule has 2 aromatic carbocycles. The third-order valence-electron chi connectivity index (χ3n) is 3.90. The number of rotatable bonds is 7. The van der Waals surface area contributed by atoms with Crippen molar-refractivity contribution >= 4 is 50.5 Å². The van der Waals surface area contributed by atoms with E-state index in [0.29, 0.717) is 33.7 Å². The minimum absolute atomic E-state index is 0.182. The van der Waals surface area contributed by atoms with E-state index in [2.05, 4.69) is 10.6 Å². The number of thiophene rings is 1. The summed E-state index contributed by atoms with van der Waals surface area (Å²) in [5.41, 5.74) is 0.541. The van der Waals surface area contributed by atoms with Gasteiger partial charge in [0.2, 0.25) is 5.91 Å². The van der Waals surface area contributed by atoms with Gasteiger partial charge in [0.15, 0.2) is 11.5 Å². The molecular formula is C20H19ClN2O4S. The lowest BCUT2D eigenvalue weighted by atomic mass is 10.2. The summed E-state index contributed by atoms with van der Waals surface area (Å²) in [6.07, 6.45) is 0. The van der Waals surface area contributed by atoms with Crippen molar-refractivity contribution < 1.29 is 19.1 Å². The Labute approximate surface area is 171 Å². The number of fused-ring (bicyclic) bond motifs is 1. The van der Waals surface area contributed by atoms with Crippen LogP contribution in [0.1, 0.15) is 16.6 Å². The first kappa shape index (κ1) is 20.0. The lowest BCUT2D eigenvalue weighted by Gasteiger charge is -2.12. The number of hydrogen-bond acceptors (Lipinski definition) is 5. The average Bonchev–Trinajstić information content (AvgIpc) is 3.04. The Morgan fingerprint density at radius 1 is 1.14 bits per heavy atom. The first-order valence-corrected chi connectivity index (χ1v) is 9.78. The molecule has 6 nitrogen and oxygen atoms in total. The van der Waals surface area contributed by atoms with E-state index in [1.165, 1.54) is 18.4 Å². The van der Waals surface area contributed by atoms with Crippen LogP contribution in [0, 0.1) is 0 Å². The highest BCUT2D eigenvalue weighted by atomic mass is 35.5. The van der Waals surface area contributed by atoms with E-state index >= 15 is 0 Å². The van der Waals surface area contributed by atoms with Gasteiger partial charge < -0.3 is 20.1 Å². The van der Waals surface area contributed by atoms with Crippen molar-refractivity contribution in [3.8, 4) is 11.5 Å². The maximum atomic E-state index is 12.4. The van der Waals surface area contributed by atoms with Crippen LogP contribution in [0.2, 0.25) is 5.02 Å². The standard InChI is InChI=1S/C20H19ClN2O4S/c1-3-27-14-9-8-12(10-15(14)26-2)23-17(24)11-22-20(25)19-18(21)13-6-4-5-7-16(13)28-19/h4-10H,3,11H2,1-2H3,(H,22,25)(H,23,24). The lowest BCUT2D eigenvalue weighted by Crippen LogP contribution is -2.32. The molecule has 0 aliphatic heterocycles. The highest BCUT2D eigenvalue weighted by Crippen LogP contribution is 2.35. The minimum atomic E-state index is -0.384. The number of halogens is 1. The van der Waals surface area contributed by atoms with E-state index in [4.69, 9.17) is 21.1 Å². The topological polar surface area (TPSA) is 76.7 Å². The Kier molecular flexibility index (Phi) is 6.38. The van der Waals surface area contributed by atoms with E-state index < -0.39 is 0 Å². The predicted octanol–water partition coefficient (Wildman–Crippen LogP) is 4.33. The fraction of sp³-hybridized carbons (Fsp3) is 0.200. The fourth-order valence-electron chi connectivity index (χ4n) is 2.63. The quantitative estimate of drug-likeness (QED) is 0.598. The zero-order chi connectivity index (χ0) is 20.1. The van der Waals surface area contributed by atoms with Gasteiger partial charge in [0.25, 0.3) is 5.91 Å². The number of benzene rings is 2. The maximum Gasteiger partial charge on any atom is 0.263 e. The number of hydrogen-bond donors (Lipinski definition) is 2. The number of ether oxygens (including phenoxy) is 2. The number of methoxy groups -OCH3 is 1. The Morgan fingerprint density at radius 3 is 2.64 bits per heavy atom. The number of amides is 2. The molecule has 146 valence electrons. The molecule has 0 bridgehead atoms. The Bertz CT molecular complexity index is 1020. The summed E-state index contributed by atoms with van der Waals surface area (Å²) in [5, 5.41) is 6.54. The number of carbonyl (C=O) groups is 2. The SMILES string of the molecule is CCOc1ccc(NC(=O)CNC(=O)c2sc3ccccc3c2Cl)cc1OC. The number of anilines is 1. The third kappa shape index (κ3) is 4.37. The molecule has 2 N–H and O–H groups in total. The molecule has 0 atom stereocenters. The van der Waals surface area contributed by atoms with Crippen molar-refractivity contribution in [2.75, 3.05) is 25.6 Å². The van der Waals surface area contributed by atoms with E-state index in [1.54, 1.807) is 18.2 Å². The largest absolute Gasteiger partial charge is 0.493 e. The summed E-state index contributed by atoms with van der Waals surface area (Å²) >= 11 is 7.59. The van der Waals surface area contributed by atoms with Crippen molar-refractivity contribution in [2.24, 2.45) is 0 Å². The number of carbonyl (C=O) groups excluding carboxylic acids is 2. The van der Waals surface area contributed by atoms with Crippen LogP contribution in [0.5, 0.6) is 11.5 Å². The van der Waals surface area contributed by atoms with Gasteiger partial charge in [-0.1, -0.05) is 29.8 Å². The third-order valence-corrected chi connectivity index (χ3v) is 5.57. The monoisotopic (exact) mass is 418 g/mol. The van der Waals surface area contributed by atoms with Gasteiger partial charge in [0, 0.05) is 21.8 Å². The smallest absolute Gasteiger partial charge is 0.263 e. The summed E-state index contributed by atoms with van der Waals surface area (Å²) in [6, 6.07) is 12.6. The van der Waals surface area contributed by atoms with Crippen molar-refractivity contribution in [3.63, 3.8) is 0 Å². The molecular weight excluding hydrogens is 400 g/mol. The first-order valence-electron chi connectivity index (χ1n) is 8.59. The molecule has 0 saturated heterocycles. The van der Waals surface area contributed by atoms with Crippen LogP contribution in [0.3, 0.4) is 0 Å². The second-order valence-electron chi connectivity index (χ2n) is 5.77. The molecule has 0 aliphatic rings. The normalized spacial score (nSPS) is 10.5. The second kappa shape index (κ2) is 8.95. The summed E-state index contributed by atoms with van der Waals surface area (Å²) in [7, 11) is 1.53. The van der Waals surface area contributed by atoms with Crippen molar-refractivity contribution in [3.05, 3.63) is 52.4 Å². The average molecular weight is 419 g/mol. The molecule has 0 fully saturated rings. The molecule has 0 aliphatic carbocycles. The Balaban J connectivity index is 1.62. The zero-order valence-electron chi connectivity index (χ0n) is 15.4.